The third-order valence-electron chi connectivity index (χ3n) is 2.18. The molecule has 1 aliphatic rings. The van der Waals surface area contributed by atoms with Crippen LogP contribution < -0.4 is 5.32 Å². The summed E-state index contributed by atoms with van der Waals surface area (Å²) >= 11 is 0. The topological polar surface area (TPSA) is 12.0 Å². The second-order valence-electron chi connectivity index (χ2n) is 3.32. The Morgan fingerprint density at radius 1 is 1.58 bits per heavy atom. The fourth-order valence-electron chi connectivity index (χ4n) is 1.53. The zero-order valence-electron chi connectivity index (χ0n) is 7.55. The second kappa shape index (κ2) is 4.94. The molecule has 1 aliphatic heterocycles. The Hall–Kier alpha value is -0.820. The first-order valence-corrected chi connectivity index (χ1v) is 4.50. The lowest BCUT2D eigenvalue weighted by molar-refractivity contribution is 0.583. The van der Waals surface area contributed by atoms with Gasteiger partial charge in [0.2, 0.25) is 0 Å². The molecule has 1 heterocycles. The molecule has 1 nitrogen and oxygen atoms in total. The van der Waals surface area contributed by atoms with E-state index in [4.69, 9.17) is 0 Å². The zero-order valence-corrected chi connectivity index (χ0v) is 7.55. The second-order valence-corrected chi connectivity index (χ2v) is 3.32. The molecular formula is C11H17N. The smallest absolute Gasteiger partial charge is 0.00169 e. The van der Waals surface area contributed by atoms with Crippen LogP contribution in [0.3, 0.4) is 0 Å². The maximum atomic E-state index is 3.99. The first-order valence-electron chi connectivity index (χ1n) is 4.50. The van der Waals surface area contributed by atoms with Gasteiger partial charge in [0.15, 0.2) is 0 Å². The van der Waals surface area contributed by atoms with Crippen LogP contribution in [-0.4, -0.2) is 13.1 Å². The van der Waals surface area contributed by atoms with E-state index in [0.717, 1.165) is 18.9 Å². The summed E-state index contributed by atoms with van der Waals surface area (Å²) in [5.74, 6) is 0.798. The SMILES string of the molecule is C=C/C=C\C(=C)CC1CCNC1. The van der Waals surface area contributed by atoms with Gasteiger partial charge in [0, 0.05) is 0 Å². The molecule has 1 fully saturated rings. The van der Waals surface area contributed by atoms with Gasteiger partial charge < -0.3 is 5.32 Å². The first-order chi connectivity index (χ1) is 5.83. The van der Waals surface area contributed by atoms with Crippen LogP contribution in [0.2, 0.25) is 0 Å². The molecule has 1 atom stereocenters. The molecule has 1 N–H and O–H groups in total. The molecular weight excluding hydrogens is 146 g/mol. The number of hydrogen-bond donors (Lipinski definition) is 1. The molecule has 0 spiro atoms. The van der Waals surface area contributed by atoms with Crippen molar-refractivity contribution in [3.63, 3.8) is 0 Å². The molecule has 0 aromatic rings. The average Bonchev–Trinajstić information content (AvgIpc) is 2.53. The van der Waals surface area contributed by atoms with E-state index in [-0.39, 0.29) is 0 Å². The van der Waals surface area contributed by atoms with Gasteiger partial charge in [-0.15, -0.1) is 0 Å². The first kappa shape index (κ1) is 9.27. The standard InChI is InChI=1S/C11H17N/c1-3-4-5-10(2)8-11-6-7-12-9-11/h3-5,11-12H,1-2,6-9H2/b5-4-. The third-order valence-corrected chi connectivity index (χ3v) is 2.18. The lowest BCUT2D eigenvalue weighted by atomic mass is 9.99. The summed E-state index contributed by atoms with van der Waals surface area (Å²) < 4.78 is 0. The quantitative estimate of drug-likeness (QED) is 0.627. The van der Waals surface area contributed by atoms with Crippen LogP contribution in [0.1, 0.15) is 12.8 Å². The van der Waals surface area contributed by atoms with E-state index < -0.39 is 0 Å². The zero-order chi connectivity index (χ0) is 8.81. The van der Waals surface area contributed by atoms with Crippen molar-refractivity contribution in [1.82, 2.24) is 5.32 Å². The van der Waals surface area contributed by atoms with Crippen molar-refractivity contribution in [2.75, 3.05) is 13.1 Å². The monoisotopic (exact) mass is 163 g/mol. The third kappa shape index (κ3) is 3.05. The van der Waals surface area contributed by atoms with E-state index in [9.17, 15) is 0 Å². The minimum Gasteiger partial charge on any atom is -0.316 e. The van der Waals surface area contributed by atoms with E-state index in [1.807, 2.05) is 12.2 Å². The Labute approximate surface area is 74.9 Å². The molecule has 0 amide bonds. The van der Waals surface area contributed by atoms with Crippen LogP contribution in [0.5, 0.6) is 0 Å². The van der Waals surface area contributed by atoms with Crippen LogP contribution in [0.25, 0.3) is 0 Å². The Bertz CT molecular complexity index is 185. The molecule has 66 valence electrons. The highest BCUT2D eigenvalue weighted by Crippen LogP contribution is 2.17. The minimum atomic E-state index is 0.798. The fraction of sp³-hybridized carbons (Fsp3) is 0.455. The number of rotatable bonds is 4. The maximum absolute atomic E-state index is 3.99. The molecule has 1 unspecified atom stereocenters. The summed E-state index contributed by atoms with van der Waals surface area (Å²) in [6, 6.07) is 0. The highest BCUT2D eigenvalue weighted by atomic mass is 14.9. The summed E-state index contributed by atoms with van der Waals surface area (Å²) in [4.78, 5) is 0. The van der Waals surface area contributed by atoms with Crippen molar-refractivity contribution < 1.29 is 0 Å². The predicted molar refractivity (Wildman–Crippen MR) is 54.1 cm³/mol. The van der Waals surface area contributed by atoms with Gasteiger partial charge in [-0.1, -0.05) is 37.0 Å². The Morgan fingerprint density at radius 3 is 3.00 bits per heavy atom. The van der Waals surface area contributed by atoms with E-state index in [1.165, 1.54) is 18.5 Å². The lowest BCUT2D eigenvalue weighted by Crippen LogP contribution is -2.08. The van der Waals surface area contributed by atoms with Gasteiger partial charge >= 0.3 is 0 Å². The van der Waals surface area contributed by atoms with Crippen molar-refractivity contribution in [2.24, 2.45) is 5.92 Å². The maximum Gasteiger partial charge on any atom is -0.00169 e. The molecule has 12 heavy (non-hydrogen) atoms. The van der Waals surface area contributed by atoms with Gasteiger partial charge in [-0.25, -0.2) is 0 Å². The van der Waals surface area contributed by atoms with Crippen LogP contribution in [0.15, 0.2) is 37.0 Å². The molecule has 1 heteroatoms. The molecule has 1 rings (SSSR count). The summed E-state index contributed by atoms with van der Waals surface area (Å²) in [6.07, 6.45) is 8.20. The van der Waals surface area contributed by atoms with Crippen LogP contribution in [0.4, 0.5) is 0 Å². The van der Waals surface area contributed by atoms with Crippen molar-refractivity contribution >= 4 is 0 Å². The number of nitrogens with one attached hydrogen (secondary N) is 1. The van der Waals surface area contributed by atoms with Crippen LogP contribution in [-0.2, 0) is 0 Å². The summed E-state index contributed by atoms with van der Waals surface area (Å²) in [5.41, 5.74) is 1.21. The highest BCUT2D eigenvalue weighted by molar-refractivity contribution is 5.18. The molecule has 0 saturated carbocycles. The predicted octanol–water partition coefficient (Wildman–Crippen LogP) is 2.28. The summed E-state index contributed by atoms with van der Waals surface area (Å²) in [6.45, 7) is 9.94. The minimum absolute atomic E-state index is 0.798. The fourth-order valence-corrected chi connectivity index (χ4v) is 1.53. The Balaban J connectivity index is 2.25. The van der Waals surface area contributed by atoms with Gasteiger partial charge in [-0.3, -0.25) is 0 Å². The molecule has 1 saturated heterocycles. The van der Waals surface area contributed by atoms with E-state index in [1.54, 1.807) is 6.08 Å². The van der Waals surface area contributed by atoms with E-state index in [0.29, 0.717) is 0 Å². The van der Waals surface area contributed by atoms with Crippen LogP contribution >= 0.6 is 0 Å². The lowest BCUT2D eigenvalue weighted by Gasteiger charge is -2.06. The van der Waals surface area contributed by atoms with Crippen LogP contribution in [0, 0.1) is 5.92 Å². The van der Waals surface area contributed by atoms with E-state index >= 15 is 0 Å². The van der Waals surface area contributed by atoms with Crippen molar-refractivity contribution in [1.29, 1.82) is 0 Å². The molecule has 0 aliphatic carbocycles. The van der Waals surface area contributed by atoms with Gasteiger partial charge in [0.1, 0.15) is 0 Å². The van der Waals surface area contributed by atoms with Gasteiger partial charge in [-0.05, 0) is 31.8 Å². The molecule has 0 aromatic heterocycles. The largest absolute Gasteiger partial charge is 0.316 e. The summed E-state index contributed by atoms with van der Waals surface area (Å²) in [7, 11) is 0. The summed E-state index contributed by atoms with van der Waals surface area (Å²) in [5, 5.41) is 3.35. The van der Waals surface area contributed by atoms with Crippen molar-refractivity contribution in [3.8, 4) is 0 Å². The molecule has 0 aromatic carbocycles. The van der Waals surface area contributed by atoms with Gasteiger partial charge in [-0.2, -0.15) is 0 Å². The van der Waals surface area contributed by atoms with E-state index in [2.05, 4.69) is 18.5 Å². The highest BCUT2D eigenvalue weighted by Gasteiger charge is 2.13. The van der Waals surface area contributed by atoms with Crippen molar-refractivity contribution in [3.05, 3.63) is 37.0 Å². The van der Waals surface area contributed by atoms with Crippen molar-refractivity contribution in [2.45, 2.75) is 12.8 Å². The van der Waals surface area contributed by atoms with Gasteiger partial charge in [0.05, 0.1) is 0 Å². The number of hydrogen-bond acceptors (Lipinski definition) is 1. The van der Waals surface area contributed by atoms with Gasteiger partial charge in [0.25, 0.3) is 0 Å². The Kier molecular flexibility index (Phi) is 3.81. The number of allylic oxidation sites excluding steroid dienone is 4. The molecule has 0 bridgehead atoms. The Morgan fingerprint density at radius 2 is 2.42 bits per heavy atom. The normalized spacial score (nSPS) is 23.2. The molecule has 0 radical (unpaired) electrons. The average molecular weight is 163 g/mol.